The second-order valence-corrected chi connectivity index (χ2v) is 8.74. The third-order valence-electron chi connectivity index (χ3n) is 5.93. The summed E-state index contributed by atoms with van der Waals surface area (Å²) in [5.41, 5.74) is 7.52. The monoisotopic (exact) mass is 479 g/mol. The minimum atomic E-state index is -0.887. The summed E-state index contributed by atoms with van der Waals surface area (Å²) >= 11 is 1.32. The summed E-state index contributed by atoms with van der Waals surface area (Å²) in [6.07, 6.45) is 5.96. The molecule has 3 heterocycles. The molecule has 2 aromatic carbocycles. The number of ether oxygens (including phenoxy) is 2. The van der Waals surface area contributed by atoms with Crippen molar-refractivity contribution in [3.8, 4) is 21.7 Å². The number of anilines is 1. The maximum absolute atomic E-state index is 12.7. The molecule has 1 atom stereocenters. The Labute approximate surface area is 198 Å². The molecule has 2 N–H and O–H groups in total. The highest BCUT2D eigenvalue weighted by molar-refractivity contribution is 7.13. The molecule has 4 aromatic rings. The van der Waals surface area contributed by atoms with Crippen LogP contribution in [0, 0.1) is 10.1 Å². The summed E-state index contributed by atoms with van der Waals surface area (Å²) in [7, 11) is 1.16. The molecule has 1 fully saturated rings. The van der Waals surface area contributed by atoms with Gasteiger partial charge in [-0.2, -0.15) is 5.10 Å². The summed E-state index contributed by atoms with van der Waals surface area (Å²) in [6.45, 7) is 0.662. The zero-order valence-electron chi connectivity index (χ0n) is 18.3. The van der Waals surface area contributed by atoms with Crippen molar-refractivity contribution in [1.82, 2.24) is 14.8 Å². The number of methoxy groups -OCH3 is 1. The highest BCUT2D eigenvalue weighted by Gasteiger charge is 2.33. The van der Waals surface area contributed by atoms with E-state index in [1.807, 2.05) is 10.7 Å². The average molecular weight is 480 g/mol. The van der Waals surface area contributed by atoms with Gasteiger partial charge in [0.15, 0.2) is 11.8 Å². The number of rotatable bonds is 5. The normalized spacial score (nSPS) is 16.0. The number of carbonyl (C=O) groups is 1. The summed E-state index contributed by atoms with van der Waals surface area (Å²) in [4.78, 5) is 28.6. The van der Waals surface area contributed by atoms with E-state index >= 15 is 0 Å². The molecule has 1 unspecified atom stereocenters. The number of esters is 1. The first-order valence-electron chi connectivity index (χ1n) is 10.7. The first kappa shape index (κ1) is 22.0. The summed E-state index contributed by atoms with van der Waals surface area (Å²) < 4.78 is 12.6. The fourth-order valence-corrected chi connectivity index (χ4v) is 5.04. The van der Waals surface area contributed by atoms with Gasteiger partial charge in [0, 0.05) is 29.1 Å². The Kier molecular flexibility index (Phi) is 5.72. The van der Waals surface area contributed by atoms with Crippen LogP contribution in [0.25, 0.3) is 32.6 Å². The highest BCUT2D eigenvalue weighted by atomic mass is 32.1. The number of nitrogens with zero attached hydrogens (tertiary/aromatic N) is 4. The number of hydrogen-bond donors (Lipinski definition) is 1. The van der Waals surface area contributed by atoms with Crippen LogP contribution in [-0.4, -0.2) is 39.4 Å². The molecular weight excluding hydrogens is 458 g/mol. The maximum atomic E-state index is 12.7. The lowest BCUT2D eigenvalue weighted by molar-refractivity contribution is -0.384. The number of hydrogen-bond acceptors (Lipinski definition) is 9. The molecule has 34 heavy (non-hydrogen) atoms. The van der Waals surface area contributed by atoms with Crippen LogP contribution in [0.15, 0.2) is 42.0 Å². The lowest BCUT2D eigenvalue weighted by atomic mass is 9.93. The second kappa shape index (κ2) is 8.84. The van der Waals surface area contributed by atoms with E-state index in [4.69, 9.17) is 15.2 Å². The van der Waals surface area contributed by atoms with Crippen molar-refractivity contribution in [2.24, 2.45) is 0 Å². The number of aromatic nitrogens is 3. The molecule has 0 spiro atoms. The zero-order valence-corrected chi connectivity index (χ0v) is 19.1. The molecule has 174 valence electrons. The Morgan fingerprint density at radius 3 is 2.85 bits per heavy atom. The summed E-state index contributed by atoms with van der Waals surface area (Å²) in [5.74, 6) is -0.887. The van der Waals surface area contributed by atoms with Crippen LogP contribution in [-0.2, 0) is 9.47 Å². The van der Waals surface area contributed by atoms with Gasteiger partial charge in [0.2, 0.25) is 0 Å². The molecule has 0 amide bonds. The van der Waals surface area contributed by atoms with Crippen molar-refractivity contribution >= 4 is 39.6 Å². The Morgan fingerprint density at radius 1 is 1.32 bits per heavy atom. The molecule has 2 aromatic heterocycles. The minimum Gasteiger partial charge on any atom is -0.465 e. The second-order valence-electron chi connectivity index (χ2n) is 7.84. The van der Waals surface area contributed by atoms with Crippen LogP contribution in [0.4, 0.5) is 11.4 Å². The molecule has 10 nitrogen and oxygen atoms in total. The largest absolute Gasteiger partial charge is 0.465 e. The lowest BCUT2D eigenvalue weighted by Gasteiger charge is -2.23. The average Bonchev–Trinajstić information content (AvgIpc) is 3.54. The summed E-state index contributed by atoms with van der Waals surface area (Å²) in [5, 5.41) is 19.8. The number of nitrogen functional groups attached to an aromatic ring is 1. The maximum Gasteiger partial charge on any atom is 0.347 e. The van der Waals surface area contributed by atoms with Gasteiger partial charge in [0.05, 0.1) is 35.0 Å². The van der Waals surface area contributed by atoms with Gasteiger partial charge < -0.3 is 15.2 Å². The van der Waals surface area contributed by atoms with E-state index in [9.17, 15) is 14.9 Å². The molecule has 0 radical (unpaired) electrons. The molecular formula is C23H21N5O5S. The number of nitrogens with two attached hydrogens (primary N) is 1. The first-order valence-corrected chi connectivity index (χ1v) is 11.6. The van der Waals surface area contributed by atoms with Gasteiger partial charge in [-0.15, -0.1) is 11.3 Å². The fraction of sp³-hybridized carbons (Fsp3) is 0.261. The van der Waals surface area contributed by atoms with E-state index in [1.54, 1.807) is 36.0 Å². The van der Waals surface area contributed by atoms with Gasteiger partial charge in [-0.3, -0.25) is 10.1 Å². The smallest absolute Gasteiger partial charge is 0.347 e. The predicted octanol–water partition coefficient (Wildman–Crippen LogP) is 4.80. The Balaban J connectivity index is 1.80. The van der Waals surface area contributed by atoms with Crippen LogP contribution >= 0.6 is 11.3 Å². The van der Waals surface area contributed by atoms with E-state index in [0.717, 1.165) is 31.9 Å². The highest BCUT2D eigenvalue weighted by Crippen LogP contribution is 2.45. The van der Waals surface area contributed by atoms with Gasteiger partial charge in [-0.1, -0.05) is 12.1 Å². The van der Waals surface area contributed by atoms with Crippen molar-refractivity contribution in [3.05, 3.63) is 57.7 Å². The molecule has 0 saturated carbocycles. The molecule has 1 saturated heterocycles. The third kappa shape index (κ3) is 3.58. The van der Waals surface area contributed by atoms with Crippen LogP contribution < -0.4 is 5.73 Å². The van der Waals surface area contributed by atoms with Crippen LogP contribution in [0.5, 0.6) is 0 Å². The topological polar surface area (TPSA) is 135 Å². The van der Waals surface area contributed by atoms with Crippen molar-refractivity contribution in [2.75, 3.05) is 19.5 Å². The first-order chi connectivity index (χ1) is 16.5. The summed E-state index contributed by atoms with van der Waals surface area (Å²) in [6, 6.07) is 7.08. The lowest BCUT2D eigenvalue weighted by Crippen LogP contribution is -2.18. The fourth-order valence-electron chi connectivity index (χ4n) is 4.38. The minimum absolute atomic E-state index is 0.0456. The number of fused-ring (bicyclic) bond motifs is 1. The Bertz CT molecular complexity index is 1390. The van der Waals surface area contributed by atoms with Crippen LogP contribution in [0.2, 0.25) is 0 Å². The molecule has 0 aliphatic carbocycles. The van der Waals surface area contributed by atoms with E-state index in [1.165, 1.54) is 11.3 Å². The molecule has 5 rings (SSSR count). The third-order valence-corrected chi connectivity index (χ3v) is 6.74. The molecule has 1 aliphatic heterocycles. The number of benzene rings is 2. The van der Waals surface area contributed by atoms with Gasteiger partial charge in [0.25, 0.3) is 5.69 Å². The zero-order chi connectivity index (χ0) is 23.8. The van der Waals surface area contributed by atoms with Crippen molar-refractivity contribution < 1.29 is 19.2 Å². The molecule has 11 heteroatoms. The number of thiazole rings is 1. The number of nitro groups is 1. The SMILES string of the molecule is COC(=O)c1c(N)c(-c2nccs2)cc(-c2cccc3c2cnn3C2CCCCO2)c1[N+](=O)[O-]. The van der Waals surface area contributed by atoms with Crippen molar-refractivity contribution in [3.63, 3.8) is 0 Å². The number of nitro benzene ring substituents is 1. The van der Waals surface area contributed by atoms with Gasteiger partial charge in [-0.25, -0.2) is 14.5 Å². The van der Waals surface area contributed by atoms with E-state index < -0.39 is 16.6 Å². The van der Waals surface area contributed by atoms with Crippen LogP contribution in [0.1, 0.15) is 35.8 Å². The van der Waals surface area contributed by atoms with E-state index in [0.29, 0.717) is 28.1 Å². The predicted molar refractivity (Wildman–Crippen MR) is 128 cm³/mol. The van der Waals surface area contributed by atoms with Crippen molar-refractivity contribution in [1.29, 1.82) is 0 Å². The Hall–Kier alpha value is -3.83. The van der Waals surface area contributed by atoms with Gasteiger partial charge in [-0.05, 0) is 37.0 Å². The quantitative estimate of drug-likeness (QED) is 0.187. The van der Waals surface area contributed by atoms with Crippen LogP contribution in [0.3, 0.4) is 0 Å². The van der Waals surface area contributed by atoms with Crippen molar-refractivity contribution in [2.45, 2.75) is 25.5 Å². The van der Waals surface area contributed by atoms with E-state index in [2.05, 4.69) is 10.1 Å². The molecule has 1 aliphatic rings. The van der Waals surface area contributed by atoms with Gasteiger partial charge >= 0.3 is 5.97 Å². The Morgan fingerprint density at radius 2 is 2.18 bits per heavy atom. The number of carbonyl (C=O) groups excluding carboxylic acids is 1. The van der Waals surface area contributed by atoms with Gasteiger partial charge in [0.1, 0.15) is 5.01 Å². The van der Waals surface area contributed by atoms with E-state index in [-0.39, 0.29) is 23.0 Å². The standard InChI is InChI=1S/C23H21N5O5S/c1-32-23(29)19-20(24)15(22-25-8-10-34-22)11-14(21(19)28(30)31)13-5-4-6-17-16(13)12-26-27(17)18-7-2-3-9-33-18/h4-6,8,10-12,18H,2-3,7,9,24H2,1H3. The molecule has 0 bridgehead atoms.